The Morgan fingerprint density at radius 3 is 2.29 bits per heavy atom. The summed E-state index contributed by atoms with van der Waals surface area (Å²) < 4.78 is 33.4. The number of hydrogen-bond acceptors (Lipinski definition) is 5. The Hall–Kier alpha value is -3.43. The number of hydrogen-bond donors (Lipinski definition) is 3. The maximum Gasteiger partial charge on any atom is 0.408 e. The zero-order valence-corrected chi connectivity index (χ0v) is 20.9. The molecule has 2 amide bonds. The number of rotatable bonds is 10. The lowest BCUT2D eigenvalue weighted by Gasteiger charge is -2.22. The number of anilines is 1. The van der Waals surface area contributed by atoms with Gasteiger partial charge < -0.3 is 15.4 Å². The second-order valence-electron chi connectivity index (χ2n) is 8.47. The van der Waals surface area contributed by atoms with Crippen molar-refractivity contribution in [3.05, 3.63) is 72.3 Å². The smallest absolute Gasteiger partial charge is 0.408 e. The topological polar surface area (TPSA) is 114 Å². The second kappa shape index (κ2) is 11.8. The van der Waals surface area contributed by atoms with Crippen LogP contribution in [0.15, 0.2) is 71.6 Å². The van der Waals surface area contributed by atoms with Crippen LogP contribution in [0.3, 0.4) is 0 Å². The number of alkyl carbamates (subject to hydrolysis) is 1. The van der Waals surface area contributed by atoms with Gasteiger partial charge in [0.05, 0.1) is 4.90 Å². The highest BCUT2D eigenvalue weighted by Gasteiger charge is 2.26. The molecule has 0 aromatic heterocycles. The molecule has 0 aliphatic carbocycles. The highest BCUT2D eigenvalue weighted by Crippen LogP contribution is 2.29. The number of ether oxygens (including phenoxy) is 1. The van der Waals surface area contributed by atoms with E-state index < -0.39 is 28.1 Å². The van der Waals surface area contributed by atoms with Crippen molar-refractivity contribution in [2.45, 2.75) is 44.7 Å². The van der Waals surface area contributed by atoms with Crippen LogP contribution in [0.25, 0.3) is 10.8 Å². The molecule has 0 radical (unpaired) electrons. The Bertz CT molecular complexity index is 1280. The third-order valence-corrected chi connectivity index (χ3v) is 6.93. The van der Waals surface area contributed by atoms with E-state index in [1.54, 1.807) is 30.3 Å². The molecule has 9 heteroatoms. The molecule has 0 saturated carbocycles. The zero-order valence-electron chi connectivity index (χ0n) is 20.1. The molecule has 0 aliphatic heterocycles. The van der Waals surface area contributed by atoms with E-state index in [4.69, 9.17) is 4.74 Å². The first-order chi connectivity index (χ1) is 16.7. The zero-order chi connectivity index (χ0) is 25.4. The highest BCUT2D eigenvalue weighted by molar-refractivity contribution is 7.89. The summed E-state index contributed by atoms with van der Waals surface area (Å²) in [5, 5.41) is 6.55. The Morgan fingerprint density at radius 2 is 1.60 bits per heavy atom. The van der Waals surface area contributed by atoms with Crippen LogP contribution < -0.4 is 15.4 Å². The monoisotopic (exact) mass is 497 g/mol. The van der Waals surface area contributed by atoms with Crippen molar-refractivity contribution >= 4 is 38.5 Å². The lowest BCUT2D eigenvalue weighted by atomic mass is 10.0. The molecule has 0 unspecified atom stereocenters. The first-order valence-electron chi connectivity index (χ1n) is 11.5. The number of carbonyl (C=O) groups is 2. The van der Waals surface area contributed by atoms with Gasteiger partial charge in [0.15, 0.2) is 0 Å². The van der Waals surface area contributed by atoms with Gasteiger partial charge in [0.25, 0.3) is 0 Å². The summed E-state index contributed by atoms with van der Waals surface area (Å²) in [7, 11) is -3.71. The van der Waals surface area contributed by atoms with Gasteiger partial charge in [-0.2, -0.15) is 0 Å². The van der Waals surface area contributed by atoms with Crippen LogP contribution in [-0.4, -0.2) is 33.0 Å². The van der Waals surface area contributed by atoms with Crippen molar-refractivity contribution in [2.24, 2.45) is 5.92 Å². The lowest BCUT2D eigenvalue weighted by molar-refractivity contribution is -0.119. The van der Waals surface area contributed by atoms with Crippen LogP contribution in [0.2, 0.25) is 0 Å². The minimum absolute atomic E-state index is 0.0890. The fourth-order valence-electron chi connectivity index (χ4n) is 3.58. The predicted molar refractivity (Wildman–Crippen MR) is 136 cm³/mol. The van der Waals surface area contributed by atoms with E-state index in [9.17, 15) is 18.0 Å². The lowest BCUT2D eigenvalue weighted by Crippen LogP contribution is -2.47. The van der Waals surface area contributed by atoms with E-state index in [1.165, 1.54) is 6.07 Å². The standard InChI is InChI=1S/C26H31N3O5S/c1-4-16-27-35(32,33)23-15-9-12-20-21(23)13-8-14-22(20)28-25(30)24(18(2)3)29-26(31)34-17-19-10-6-5-7-11-19/h5-15,18,24,27H,4,16-17H2,1-3H3,(H,28,30)(H,29,31)/t24-/m1/s1. The largest absolute Gasteiger partial charge is 0.445 e. The van der Waals surface area contributed by atoms with Gasteiger partial charge in [-0.1, -0.05) is 75.4 Å². The average Bonchev–Trinajstić information content (AvgIpc) is 2.85. The summed E-state index contributed by atoms with van der Waals surface area (Å²) in [6.45, 7) is 5.93. The van der Waals surface area contributed by atoms with Gasteiger partial charge in [-0.3, -0.25) is 4.79 Å². The van der Waals surface area contributed by atoms with Crippen LogP contribution >= 0.6 is 0 Å². The van der Waals surface area contributed by atoms with Crippen LogP contribution in [0, 0.1) is 5.92 Å². The minimum Gasteiger partial charge on any atom is -0.445 e. The molecule has 186 valence electrons. The SMILES string of the molecule is CCCNS(=O)(=O)c1cccc2c(NC(=O)[C@H](NC(=O)OCc3ccccc3)C(C)C)cccc12. The van der Waals surface area contributed by atoms with Crippen LogP contribution in [-0.2, 0) is 26.2 Å². The molecule has 3 N–H and O–H groups in total. The first-order valence-corrected chi connectivity index (χ1v) is 13.0. The molecule has 35 heavy (non-hydrogen) atoms. The van der Waals surface area contributed by atoms with E-state index in [1.807, 2.05) is 51.1 Å². The summed E-state index contributed by atoms with van der Waals surface area (Å²) in [6.07, 6.45) is -0.0288. The predicted octanol–water partition coefficient (Wildman–Crippen LogP) is 4.42. The summed E-state index contributed by atoms with van der Waals surface area (Å²) in [5.41, 5.74) is 1.29. The molecule has 0 saturated heterocycles. The van der Waals surface area contributed by atoms with E-state index in [0.717, 1.165) is 5.56 Å². The van der Waals surface area contributed by atoms with Crippen molar-refractivity contribution in [1.82, 2.24) is 10.0 Å². The maximum atomic E-state index is 13.1. The second-order valence-corrected chi connectivity index (χ2v) is 10.2. The van der Waals surface area contributed by atoms with Crippen molar-refractivity contribution < 1.29 is 22.7 Å². The molecule has 1 atom stereocenters. The molecule has 3 rings (SSSR count). The van der Waals surface area contributed by atoms with Crippen molar-refractivity contribution in [2.75, 3.05) is 11.9 Å². The molecular formula is C26H31N3O5S. The van der Waals surface area contributed by atoms with Gasteiger partial charge in [-0.15, -0.1) is 0 Å². The van der Waals surface area contributed by atoms with E-state index in [0.29, 0.717) is 29.4 Å². The quantitative estimate of drug-likeness (QED) is 0.384. The summed E-state index contributed by atoms with van der Waals surface area (Å²) >= 11 is 0. The number of sulfonamides is 1. The van der Waals surface area contributed by atoms with Gasteiger partial charge >= 0.3 is 6.09 Å². The summed E-state index contributed by atoms with van der Waals surface area (Å²) in [5.74, 6) is -0.648. The number of fused-ring (bicyclic) bond motifs is 1. The number of amides is 2. The molecule has 3 aromatic rings. The van der Waals surface area contributed by atoms with Crippen LogP contribution in [0.4, 0.5) is 10.5 Å². The molecule has 3 aromatic carbocycles. The third-order valence-electron chi connectivity index (χ3n) is 5.41. The fourth-order valence-corrected chi connectivity index (χ4v) is 4.93. The molecule has 0 spiro atoms. The van der Waals surface area contributed by atoms with Gasteiger partial charge in [-0.25, -0.2) is 17.9 Å². The number of carbonyl (C=O) groups excluding carboxylic acids is 2. The maximum absolute atomic E-state index is 13.1. The molecule has 0 bridgehead atoms. The Labute approximate surface area is 206 Å². The Balaban J connectivity index is 1.78. The summed E-state index contributed by atoms with van der Waals surface area (Å²) in [4.78, 5) is 25.6. The molecule has 8 nitrogen and oxygen atoms in total. The summed E-state index contributed by atoms with van der Waals surface area (Å²) in [6, 6.07) is 18.4. The first kappa shape index (κ1) is 26.2. The van der Waals surface area contributed by atoms with Gasteiger partial charge in [-0.05, 0) is 30.0 Å². The number of nitrogens with one attached hydrogen (secondary N) is 3. The fraction of sp³-hybridized carbons (Fsp3) is 0.308. The van der Waals surface area contributed by atoms with Gasteiger partial charge in [0.2, 0.25) is 15.9 Å². The van der Waals surface area contributed by atoms with E-state index in [2.05, 4.69) is 15.4 Å². The molecule has 0 fully saturated rings. The van der Waals surface area contributed by atoms with Crippen molar-refractivity contribution in [3.63, 3.8) is 0 Å². The third kappa shape index (κ3) is 6.80. The molecule has 0 aliphatic rings. The average molecular weight is 498 g/mol. The van der Waals surface area contributed by atoms with E-state index in [-0.39, 0.29) is 17.4 Å². The van der Waals surface area contributed by atoms with Crippen LogP contribution in [0.5, 0.6) is 0 Å². The normalized spacial score (nSPS) is 12.3. The van der Waals surface area contributed by atoms with Gasteiger partial charge in [0, 0.05) is 23.0 Å². The van der Waals surface area contributed by atoms with E-state index >= 15 is 0 Å². The Kier molecular flexibility index (Phi) is 8.84. The van der Waals surface area contributed by atoms with Gasteiger partial charge in [0.1, 0.15) is 12.6 Å². The Morgan fingerprint density at radius 1 is 0.914 bits per heavy atom. The highest BCUT2D eigenvalue weighted by atomic mass is 32.2. The molecular weight excluding hydrogens is 466 g/mol. The minimum atomic E-state index is -3.71. The molecule has 0 heterocycles. The van der Waals surface area contributed by atoms with Crippen molar-refractivity contribution in [3.8, 4) is 0 Å². The van der Waals surface area contributed by atoms with Crippen molar-refractivity contribution in [1.29, 1.82) is 0 Å². The number of benzene rings is 3. The van der Waals surface area contributed by atoms with Crippen LogP contribution in [0.1, 0.15) is 32.8 Å².